The van der Waals surface area contributed by atoms with Gasteiger partial charge in [-0.1, -0.05) is 29.9 Å². The van der Waals surface area contributed by atoms with Crippen molar-refractivity contribution in [1.82, 2.24) is 20.2 Å². The molecule has 0 bridgehead atoms. The topological polar surface area (TPSA) is 106 Å². The first-order valence-corrected chi connectivity index (χ1v) is 11.3. The van der Waals surface area contributed by atoms with Crippen molar-refractivity contribution >= 4 is 43.8 Å². The summed E-state index contributed by atoms with van der Waals surface area (Å²) in [5.74, 6) is -1.29. The van der Waals surface area contributed by atoms with Crippen LogP contribution in [0.3, 0.4) is 0 Å². The summed E-state index contributed by atoms with van der Waals surface area (Å²) in [5, 5.41) is 5.16. The molecule has 0 radical (unpaired) electrons. The van der Waals surface area contributed by atoms with Gasteiger partial charge in [0.2, 0.25) is 10.1 Å². The Balaban J connectivity index is 2.07. The largest absolute Gasteiger partial charge is 0.445 e. The van der Waals surface area contributed by atoms with Crippen LogP contribution in [0.5, 0.6) is 0 Å². The highest BCUT2D eigenvalue weighted by Gasteiger charge is 2.37. The molecule has 0 unspecified atom stereocenters. The lowest BCUT2D eigenvalue weighted by atomic mass is 10.1. The first-order valence-electron chi connectivity index (χ1n) is 8.47. The normalized spacial score (nSPS) is 12.1. The van der Waals surface area contributed by atoms with Crippen LogP contribution in [0.25, 0.3) is 11.3 Å². The summed E-state index contributed by atoms with van der Waals surface area (Å²) >= 11 is 6.09. The molecule has 3 heterocycles. The van der Waals surface area contributed by atoms with Crippen LogP contribution in [-0.2, 0) is 16.0 Å². The second kappa shape index (κ2) is 8.48. The highest BCUT2D eigenvalue weighted by atomic mass is 35.5. The Hall–Kier alpha value is -2.64. The van der Waals surface area contributed by atoms with Gasteiger partial charge >= 0.3 is 6.18 Å². The van der Waals surface area contributed by atoms with E-state index in [2.05, 4.69) is 20.2 Å². The second-order valence-corrected chi connectivity index (χ2v) is 9.72. The maximum atomic E-state index is 12.9. The number of halogens is 4. The number of pyridine rings is 2. The molecule has 3 aromatic rings. The third-order valence-electron chi connectivity index (χ3n) is 4.04. The van der Waals surface area contributed by atoms with Crippen molar-refractivity contribution in [3.63, 3.8) is 0 Å². The van der Waals surface area contributed by atoms with E-state index in [9.17, 15) is 26.4 Å². The average molecular weight is 492 g/mol. The fourth-order valence-electron chi connectivity index (χ4n) is 2.41. The third kappa shape index (κ3) is 4.83. The molecule has 14 heteroatoms. The first kappa shape index (κ1) is 23.0. The van der Waals surface area contributed by atoms with Gasteiger partial charge in [0.05, 0.1) is 16.3 Å². The SMILES string of the molecule is CCS(=O)(=O)c1cc(-c2cc(Cl)ccn2)cnc1C(=O)N(C)c1nnc(C(F)(F)F)s1. The van der Waals surface area contributed by atoms with Crippen molar-refractivity contribution < 1.29 is 26.4 Å². The zero-order valence-corrected chi connectivity index (χ0v) is 18.3. The number of sulfone groups is 1. The Labute approximate surface area is 183 Å². The number of aromatic nitrogens is 4. The third-order valence-corrected chi connectivity index (χ3v) is 7.06. The summed E-state index contributed by atoms with van der Waals surface area (Å²) in [5.41, 5.74) is 0.168. The second-order valence-electron chi connectivity index (χ2n) is 6.09. The standard InChI is InChI=1S/C17H13ClF3N5O3S2/c1-3-31(28,29)12-6-9(11-7-10(18)4-5-22-11)8-23-13(12)14(27)26(2)16-25-24-15(30-16)17(19,20)21/h4-8H,3H2,1-2H3. The van der Waals surface area contributed by atoms with E-state index >= 15 is 0 Å². The van der Waals surface area contributed by atoms with Gasteiger partial charge in [0, 0.05) is 30.0 Å². The van der Waals surface area contributed by atoms with E-state index in [4.69, 9.17) is 11.6 Å². The van der Waals surface area contributed by atoms with Crippen molar-refractivity contribution in [3.05, 3.63) is 46.3 Å². The van der Waals surface area contributed by atoms with Gasteiger partial charge in [0.25, 0.3) is 5.91 Å². The van der Waals surface area contributed by atoms with E-state index in [1.165, 1.54) is 37.5 Å². The van der Waals surface area contributed by atoms with Crippen LogP contribution < -0.4 is 4.90 Å². The number of hydrogen-bond acceptors (Lipinski definition) is 8. The lowest BCUT2D eigenvalue weighted by Crippen LogP contribution is -2.29. The average Bonchev–Trinajstić information content (AvgIpc) is 3.23. The van der Waals surface area contributed by atoms with E-state index < -0.39 is 32.6 Å². The zero-order valence-electron chi connectivity index (χ0n) is 15.9. The highest BCUT2D eigenvalue weighted by molar-refractivity contribution is 7.91. The van der Waals surface area contributed by atoms with Crippen LogP contribution in [0.15, 0.2) is 35.5 Å². The molecule has 0 fully saturated rings. The van der Waals surface area contributed by atoms with E-state index in [-0.39, 0.29) is 27.1 Å². The van der Waals surface area contributed by atoms with Crippen LogP contribution in [0, 0.1) is 0 Å². The summed E-state index contributed by atoms with van der Waals surface area (Å²) in [4.78, 5) is 21.4. The monoisotopic (exact) mass is 491 g/mol. The predicted octanol–water partition coefficient (Wildman–Crippen LogP) is 3.74. The summed E-state index contributed by atoms with van der Waals surface area (Å²) in [6, 6.07) is 4.26. The molecule has 0 aliphatic heterocycles. The molecule has 0 N–H and O–H groups in total. The Morgan fingerprint density at radius 1 is 1.23 bits per heavy atom. The molecule has 0 aliphatic rings. The maximum absolute atomic E-state index is 12.9. The van der Waals surface area contributed by atoms with E-state index in [0.717, 1.165) is 11.9 Å². The van der Waals surface area contributed by atoms with Crippen molar-refractivity contribution in [2.75, 3.05) is 17.7 Å². The van der Waals surface area contributed by atoms with Gasteiger partial charge in [0.15, 0.2) is 9.84 Å². The molecular formula is C17H13ClF3N5O3S2. The number of alkyl halides is 3. The first-order chi connectivity index (χ1) is 14.4. The quantitative estimate of drug-likeness (QED) is 0.535. The molecule has 164 valence electrons. The summed E-state index contributed by atoms with van der Waals surface area (Å²) < 4.78 is 63.6. The van der Waals surface area contributed by atoms with Gasteiger partial charge in [-0.15, -0.1) is 10.2 Å². The molecule has 0 saturated heterocycles. The van der Waals surface area contributed by atoms with Gasteiger partial charge < -0.3 is 0 Å². The van der Waals surface area contributed by atoms with Crippen LogP contribution in [0.4, 0.5) is 18.3 Å². The predicted molar refractivity (Wildman–Crippen MR) is 108 cm³/mol. The van der Waals surface area contributed by atoms with Gasteiger partial charge in [0.1, 0.15) is 5.69 Å². The van der Waals surface area contributed by atoms with Gasteiger partial charge in [-0.3, -0.25) is 14.7 Å². The Kier molecular flexibility index (Phi) is 6.30. The lowest BCUT2D eigenvalue weighted by Gasteiger charge is -2.16. The molecule has 31 heavy (non-hydrogen) atoms. The molecular weight excluding hydrogens is 479 g/mol. The number of amides is 1. The molecule has 8 nitrogen and oxygen atoms in total. The minimum atomic E-state index is -4.72. The molecule has 0 aromatic carbocycles. The van der Waals surface area contributed by atoms with Crippen molar-refractivity contribution in [2.45, 2.75) is 18.0 Å². The summed E-state index contributed by atoms with van der Waals surface area (Å²) in [7, 11) is -2.78. The van der Waals surface area contributed by atoms with Crippen LogP contribution >= 0.6 is 22.9 Å². The minimum Gasteiger partial charge on any atom is -0.284 e. The van der Waals surface area contributed by atoms with Crippen LogP contribution in [0.1, 0.15) is 22.4 Å². The number of anilines is 1. The minimum absolute atomic E-state index is 0.148. The molecule has 0 aliphatic carbocycles. The van der Waals surface area contributed by atoms with Gasteiger partial charge in [-0.05, 0) is 18.2 Å². The number of carbonyl (C=O) groups excluding carboxylic acids is 1. The number of rotatable bonds is 5. The van der Waals surface area contributed by atoms with E-state index in [0.29, 0.717) is 16.3 Å². The lowest BCUT2D eigenvalue weighted by molar-refractivity contribution is -0.138. The number of nitrogens with zero attached hydrogens (tertiary/aromatic N) is 5. The Bertz CT molecular complexity index is 1250. The number of carbonyl (C=O) groups is 1. The van der Waals surface area contributed by atoms with Gasteiger partial charge in [-0.25, -0.2) is 13.4 Å². The van der Waals surface area contributed by atoms with E-state index in [1.807, 2.05) is 0 Å². The Morgan fingerprint density at radius 2 is 1.94 bits per heavy atom. The van der Waals surface area contributed by atoms with Crippen LogP contribution in [-0.4, -0.2) is 47.3 Å². The molecule has 0 spiro atoms. The van der Waals surface area contributed by atoms with Gasteiger partial charge in [-0.2, -0.15) is 13.2 Å². The smallest absolute Gasteiger partial charge is 0.284 e. The molecule has 3 aromatic heterocycles. The summed E-state index contributed by atoms with van der Waals surface area (Å²) in [6.07, 6.45) is -2.07. The molecule has 3 rings (SSSR count). The van der Waals surface area contributed by atoms with Crippen molar-refractivity contribution in [3.8, 4) is 11.3 Å². The zero-order chi connectivity index (χ0) is 23.0. The fraction of sp³-hybridized carbons (Fsp3) is 0.235. The maximum Gasteiger partial charge on any atom is 0.445 e. The summed E-state index contributed by atoms with van der Waals surface area (Å²) in [6.45, 7) is 1.39. The fourth-order valence-corrected chi connectivity index (χ4v) is 4.30. The highest BCUT2D eigenvalue weighted by Crippen LogP contribution is 2.34. The van der Waals surface area contributed by atoms with E-state index in [1.54, 1.807) is 0 Å². The molecule has 0 saturated carbocycles. The van der Waals surface area contributed by atoms with Crippen molar-refractivity contribution in [1.29, 1.82) is 0 Å². The Morgan fingerprint density at radius 3 is 2.52 bits per heavy atom. The molecule has 1 amide bonds. The molecule has 0 atom stereocenters. The number of hydrogen-bond donors (Lipinski definition) is 0. The van der Waals surface area contributed by atoms with Crippen LogP contribution in [0.2, 0.25) is 5.02 Å². The van der Waals surface area contributed by atoms with Crippen molar-refractivity contribution in [2.24, 2.45) is 0 Å².